The molecular formula is C39H44F5N5O6. The van der Waals surface area contributed by atoms with Crippen molar-refractivity contribution >= 4 is 29.1 Å². The lowest BCUT2D eigenvalue weighted by molar-refractivity contribution is -0.192. The van der Waals surface area contributed by atoms with Gasteiger partial charge in [-0.2, -0.15) is 26.9 Å². The Labute approximate surface area is 315 Å². The van der Waals surface area contributed by atoms with Gasteiger partial charge in [0.05, 0.1) is 0 Å². The smallest absolute Gasteiger partial charge is 0.478 e. The van der Waals surface area contributed by atoms with Crippen LogP contribution in [0, 0.1) is 17.0 Å². The second-order valence-corrected chi connectivity index (χ2v) is 12.4. The van der Waals surface area contributed by atoms with E-state index < -0.39 is 47.2 Å². The van der Waals surface area contributed by atoms with E-state index in [9.17, 15) is 23.1 Å². The number of carbonyl (C=O) groups is 2. The molecule has 0 bridgehead atoms. The zero-order chi connectivity index (χ0) is 40.7. The number of benzene rings is 3. The molecule has 11 nitrogen and oxygen atoms in total. The number of nitrogen functional groups attached to an aromatic ring is 1. The Morgan fingerprint density at radius 3 is 2.05 bits per heavy atom. The van der Waals surface area contributed by atoms with Crippen LogP contribution in [0.5, 0.6) is 23.3 Å². The van der Waals surface area contributed by atoms with Crippen LogP contribution in [0.4, 0.5) is 33.3 Å². The number of amidine groups is 1. The third-order valence-electron chi connectivity index (χ3n) is 8.05. The number of aryl methyl sites for hydroxylation is 1. The Morgan fingerprint density at radius 1 is 0.909 bits per heavy atom. The minimum absolute atomic E-state index is 0.101. The van der Waals surface area contributed by atoms with Crippen molar-refractivity contribution in [2.24, 2.45) is 5.73 Å². The molecule has 0 fully saturated rings. The highest BCUT2D eigenvalue weighted by atomic mass is 19.4. The summed E-state index contributed by atoms with van der Waals surface area (Å²) >= 11 is 0. The number of halogens is 5. The Hall–Kier alpha value is -5.93. The number of nitrogens with two attached hydrogens (primary N) is 1. The van der Waals surface area contributed by atoms with Gasteiger partial charge >= 0.3 is 18.1 Å². The standard InChI is InChI=1S/C37H43F2N5O4.C2HF3O2/c1-4-6-20-44(21-7-5-2)27-18-19-30(29(23-27)37(45)46)48-36-32(39)33(42-24(3)16-17-25-12-9-8-10-13-25)31(38)35(43-36)47-28-15-11-14-26(22-28)34(40)41;3-2(4,5)1(6)7/h8-15,18-19,22-24H,4-7,16-17,20-21H2,1-3H3,(H3,40,41)(H,42,43)(H,45,46);(H,6,7). The summed E-state index contributed by atoms with van der Waals surface area (Å²) in [6, 6.07) is 20.1. The van der Waals surface area contributed by atoms with Gasteiger partial charge in [-0.3, -0.25) is 5.41 Å². The summed E-state index contributed by atoms with van der Waals surface area (Å²) in [7, 11) is 0. The van der Waals surface area contributed by atoms with Gasteiger partial charge in [-0.15, -0.1) is 0 Å². The van der Waals surface area contributed by atoms with Gasteiger partial charge < -0.3 is 35.6 Å². The van der Waals surface area contributed by atoms with E-state index in [0.717, 1.165) is 44.3 Å². The largest absolute Gasteiger partial charge is 0.490 e. The maximum atomic E-state index is 16.1. The molecule has 0 aliphatic heterocycles. The third kappa shape index (κ3) is 13.2. The number of aromatic nitrogens is 1. The summed E-state index contributed by atoms with van der Waals surface area (Å²) in [4.78, 5) is 27.4. The molecule has 1 unspecified atom stereocenters. The number of pyridine rings is 1. The summed E-state index contributed by atoms with van der Waals surface area (Å²) in [5.41, 5.74) is 7.00. The lowest BCUT2D eigenvalue weighted by Gasteiger charge is -2.25. The van der Waals surface area contributed by atoms with Gasteiger partial charge in [0.2, 0.25) is 11.6 Å². The minimum atomic E-state index is -5.08. The molecule has 0 aliphatic rings. The van der Waals surface area contributed by atoms with Gasteiger partial charge in [0.25, 0.3) is 11.8 Å². The van der Waals surface area contributed by atoms with Gasteiger partial charge in [-0.25, -0.2) is 9.59 Å². The van der Waals surface area contributed by atoms with Crippen molar-refractivity contribution in [3.63, 3.8) is 0 Å². The van der Waals surface area contributed by atoms with Crippen LogP contribution in [-0.2, 0) is 11.2 Å². The molecule has 0 saturated carbocycles. The Bertz CT molecular complexity index is 1900. The molecule has 3 aromatic carbocycles. The number of hydrogen-bond acceptors (Lipinski definition) is 8. The van der Waals surface area contributed by atoms with Crippen LogP contribution in [0.25, 0.3) is 0 Å². The number of unbranched alkanes of at least 4 members (excludes halogenated alkanes) is 2. The molecule has 4 aromatic rings. The van der Waals surface area contributed by atoms with Gasteiger partial charge in [-0.05, 0) is 68.5 Å². The van der Waals surface area contributed by atoms with E-state index in [1.165, 1.54) is 24.3 Å². The summed E-state index contributed by atoms with van der Waals surface area (Å²) in [5.74, 6) is -7.84. The maximum Gasteiger partial charge on any atom is 0.490 e. The second kappa shape index (κ2) is 20.5. The Balaban J connectivity index is 0.00000106. The Kier molecular flexibility index (Phi) is 16.2. The molecule has 55 heavy (non-hydrogen) atoms. The first-order valence-corrected chi connectivity index (χ1v) is 17.5. The zero-order valence-corrected chi connectivity index (χ0v) is 30.6. The van der Waals surface area contributed by atoms with E-state index in [2.05, 4.69) is 29.0 Å². The highest BCUT2D eigenvalue weighted by Crippen LogP contribution is 2.38. The number of anilines is 2. The molecule has 0 saturated heterocycles. The first kappa shape index (κ1) is 43.5. The van der Waals surface area contributed by atoms with Crippen LogP contribution in [0.15, 0.2) is 72.8 Å². The maximum absolute atomic E-state index is 16.1. The number of nitrogens with one attached hydrogen (secondary N) is 2. The molecule has 4 rings (SSSR count). The van der Waals surface area contributed by atoms with Crippen molar-refractivity contribution in [3.05, 3.63) is 101 Å². The number of hydrogen-bond donors (Lipinski definition) is 5. The molecule has 1 heterocycles. The number of ether oxygens (including phenoxy) is 2. The van der Waals surface area contributed by atoms with Crippen LogP contribution >= 0.6 is 0 Å². The SMILES string of the molecule is CCCCN(CCCC)c1ccc(Oc2nc(Oc3cccc(C(=N)N)c3)c(F)c(NC(C)CCc3ccccc3)c2F)c(C(=O)O)c1.O=C(O)C(F)(F)F. The van der Waals surface area contributed by atoms with Gasteiger partial charge in [0.15, 0.2) is 0 Å². The second-order valence-electron chi connectivity index (χ2n) is 12.4. The zero-order valence-electron chi connectivity index (χ0n) is 30.6. The fourth-order valence-electron chi connectivity index (χ4n) is 5.09. The van der Waals surface area contributed by atoms with E-state index in [1.54, 1.807) is 25.1 Å². The van der Waals surface area contributed by atoms with Crippen LogP contribution < -0.4 is 25.4 Å². The van der Waals surface area contributed by atoms with Crippen LogP contribution in [0.1, 0.15) is 74.4 Å². The number of alkyl halides is 3. The molecule has 296 valence electrons. The fraction of sp³-hybridized carbons (Fsp3) is 0.333. The number of aromatic carboxylic acids is 1. The normalized spacial score (nSPS) is 11.5. The fourth-order valence-corrected chi connectivity index (χ4v) is 5.09. The first-order chi connectivity index (χ1) is 26.0. The van der Waals surface area contributed by atoms with E-state index in [4.69, 9.17) is 30.5 Å². The number of carboxylic acid groups (broad SMARTS) is 2. The summed E-state index contributed by atoms with van der Waals surface area (Å²) < 4.78 is 75.4. The molecule has 0 amide bonds. The minimum Gasteiger partial charge on any atom is -0.478 e. The van der Waals surface area contributed by atoms with E-state index >= 15 is 8.78 Å². The van der Waals surface area contributed by atoms with Gasteiger partial charge in [-0.1, -0.05) is 69.2 Å². The Morgan fingerprint density at radius 2 is 1.51 bits per heavy atom. The number of rotatable bonds is 18. The van der Waals surface area contributed by atoms with E-state index in [0.29, 0.717) is 24.1 Å². The van der Waals surface area contributed by atoms with Crippen LogP contribution in [0.3, 0.4) is 0 Å². The van der Waals surface area contributed by atoms with Crippen molar-refractivity contribution in [3.8, 4) is 23.3 Å². The number of carboxylic acids is 2. The molecule has 0 aliphatic carbocycles. The predicted molar refractivity (Wildman–Crippen MR) is 199 cm³/mol. The van der Waals surface area contributed by atoms with Crippen molar-refractivity contribution < 1.29 is 51.2 Å². The molecule has 6 N–H and O–H groups in total. The third-order valence-corrected chi connectivity index (χ3v) is 8.05. The highest BCUT2D eigenvalue weighted by molar-refractivity contribution is 5.95. The van der Waals surface area contributed by atoms with E-state index in [1.807, 2.05) is 30.3 Å². The number of nitrogens with zero attached hydrogens (tertiary/aromatic N) is 2. The lowest BCUT2D eigenvalue weighted by Crippen LogP contribution is -2.25. The lowest BCUT2D eigenvalue weighted by atomic mass is 10.1. The molecule has 0 radical (unpaired) electrons. The summed E-state index contributed by atoms with van der Waals surface area (Å²) in [6.45, 7) is 7.49. The monoisotopic (exact) mass is 773 g/mol. The summed E-state index contributed by atoms with van der Waals surface area (Å²) in [6.07, 6.45) is -0.0315. The van der Waals surface area contributed by atoms with Crippen molar-refractivity contribution in [1.82, 2.24) is 4.98 Å². The van der Waals surface area contributed by atoms with Crippen molar-refractivity contribution in [2.75, 3.05) is 23.3 Å². The van der Waals surface area contributed by atoms with Gasteiger partial charge in [0.1, 0.15) is 28.6 Å². The molecule has 1 atom stereocenters. The first-order valence-electron chi connectivity index (χ1n) is 17.5. The summed E-state index contributed by atoms with van der Waals surface area (Å²) in [5, 5.41) is 27.9. The molecule has 0 spiro atoms. The predicted octanol–water partition coefficient (Wildman–Crippen LogP) is 9.40. The topological polar surface area (TPSA) is 171 Å². The van der Waals surface area contributed by atoms with Crippen LogP contribution in [0.2, 0.25) is 0 Å². The van der Waals surface area contributed by atoms with Crippen LogP contribution in [-0.4, -0.2) is 58.3 Å². The molecule has 1 aromatic heterocycles. The highest BCUT2D eigenvalue weighted by Gasteiger charge is 2.38. The molecule has 16 heteroatoms. The quantitative estimate of drug-likeness (QED) is 0.0373. The van der Waals surface area contributed by atoms with Crippen molar-refractivity contribution in [1.29, 1.82) is 5.41 Å². The number of aliphatic carboxylic acids is 1. The van der Waals surface area contributed by atoms with Gasteiger partial charge in [0, 0.05) is 30.4 Å². The average Bonchev–Trinajstić information content (AvgIpc) is 3.15. The average molecular weight is 774 g/mol. The van der Waals surface area contributed by atoms with Crippen molar-refractivity contribution in [2.45, 2.75) is 71.5 Å². The molecular weight excluding hydrogens is 729 g/mol. The van der Waals surface area contributed by atoms with E-state index in [-0.39, 0.29) is 28.9 Å².